The molecule has 1 amide bonds. The van der Waals surface area contributed by atoms with Crippen molar-refractivity contribution in [3.8, 4) is 5.75 Å². The van der Waals surface area contributed by atoms with Crippen molar-refractivity contribution in [1.82, 2.24) is 4.90 Å². The van der Waals surface area contributed by atoms with Gasteiger partial charge in [-0.05, 0) is 36.2 Å². The second-order valence-electron chi connectivity index (χ2n) is 5.46. The first kappa shape index (κ1) is 16.9. The van der Waals surface area contributed by atoms with Gasteiger partial charge in [-0.3, -0.25) is 4.79 Å². The number of nitrogens with zero attached hydrogens (tertiary/aromatic N) is 1. The highest BCUT2D eigenvalue weighted by Gasteiger charge is 2.08. The summed E-state index contributed by atoms with van der Waals surface area (Å²) in [5.41, 5.74) is 2.04. The molecular weight excluding hydrogens is 288 g/mol. The maximum Gasteiger partial charge on any atom is 0.241 e. The van der Waals surface area contributed by atoms with Gasteiger partial charge in [0.15, 0.2) is 0 Å². The van der Waals surface area contributed by atoms with Gasteiger partial charge in [-0.25, -0.2) is 0 Å². The smallest absolute Gasteiger partial charge is 0.241 e. The Balaban J connectivity index is 1.79. The molecule has 2 rings (SSSR count). The molecule has 0 bridgehead atoms. The van der Waals surface area contributed by atoms with Gasteiger partial charge in [0, 0.05) is 19.3 Å². The third kappa shape index (κ3) is 5.66. The van der Waals surface area contributed by atoms with Gasteiger partial charge >= 0.3 is 0 Å². The Morgan fingerprint density at radius 3 is 2.43 bits per heavy atom. The zero-order valence-electron chi connectivity index (χ0n) is 13.8. The Morgan fingerprint density at radius 2 is 1.78 bits per heavy atom. The lowest BCUT2D eigenvalue weighted by Gasteiger charge is -2.18. The maximum atomic E-state index is 12.2. The van der Waals surface area contributed by atoms with Gasteiger partial charge in [-0.1, -0.05) is 37.3 Å². The van der Waals surface area contributed by atoms with Crippen LogP contribution in [0.25, 0.3) is 0 Å². The molecule has 0 aromatic heterocycles. The van der Waals surface area contributed by atoms with Crippen LogP contribution in [0.2, 0.25) is 0 Å². The average Bonchev–Trinajstić information content (AvgIpc) is 2.59. The topological polar surface area (TPSA) is 41.6 Å². The minimum Gasteiger partial charge on any atom is -0.494 e. The molecule has 0 aliphatic carbocycles. The normalized spacial score (nSPS) is 10.2. The van der Waals surface area contributed by atoms with E-state index >= 15 is 0 Å². The highest BCUT2D eigenvalue weighted by molar-refractivity contribution is 5.80. The molecule has 2 aromatic rings. The van der Waals surface area contributed by atoms with Gasteiger partial charge in [0.25, 0.3) is 0 Å². The number of amides is 1. The lowest BCUT2D eigenvalue weighted by molar-refractivity contribution is -0.128. The molecule has 0 atom stereocenters. The molecular formula is C19H24N2O2. The van der Waals surface area contributed by atoms with E-state index in [4.69, 9.17) is 4.74 Å². The van der Waals surface area contributed by atoms with E-state index in [2.05, 4.69) is 12.2 Å². The molecule has 0 aliphatic rings. The molecule has 0 radical (unpaired) electrons. The number of hydrogen-bond acceptors (Lipinski definition) is 3. The van der Waals surface area contributed by atoms with Crippen molar-refractivity contribution in [1.29, 1.82) is 0 Å². The zero-order valence-corrected chi connectivity index (χ0v) is 13.8. The number of nitrogens with one attached hydrogen (secondary N) is 1. The molecule has 0 saturated carbocycles. The van der Waals surface area contributed by atoms with Gasteiger partial charge in [-0.15, -0.1) is 0 Å². The van der Waals surface area contributed by atoms with Crippen molar-refractivity contribution >= 4 is 11.6 Å². The minimum atomic E-state index is 0.0557. The first-order valence-corrected chi connectivity index (χ1v) is 7.93. The van der Waals surface area contributed by atoms with Crippen molar-refractivity contribution in [3.63, 3.8) is 0 Å². The van der Waals surface area contributed by atoms with E-state index < -0.39 is 0 Å². The Hall–Kier alpha value is -2.49. The Morgan fingerprint density at radius 1 is 1.09 bits per heavy atom. The summed E-state index contributed by atoms with van der Waals surface area (Å²) in [5.74, 6) is 0.907. The molecule has 4 nitrogen and oxygen atoms in total. The summed E-state index contributed by atoms with van der Waals surface area (Å²) in [7, 11) is 1.82. The lowest BCUT2D eigenvalue weighted by atomic mass is 10.2. The summed E-state index contributed by atoms with van der Waals surface area (Å²) in [6, 6.07) is 17.7. The van der Waals surface area contributed by atoms with E-state index in [-0.39, 0.29) is 12.5 Å². The number of hydrogen-bond donors (Lipinski definition) is 1. The van der Waals surface area contributed by atoms with Crippen LogP contribution in [0.3, 0.4) is 0 Å². The first-order chi connectivity index (χ1) is 11.2. The fraction of sp³-hybridized carbons (Fsp3) is 0.316. The molecule has 2 aromatic carbocycles. The van der Waals surface area contributed by atoms with Crippen molar-refractivity contribution in [2.45, 2.75) is 19.9 Å². The molecule has 0 spiro atoms. The lowest BCUT2D eigenvalue weighted by Crippen LogP contribution is -2.31. The molecule has 23 heavy (non-hydrogen) atoms. The van der Waals surface area contributed by atoms with Crippen LogP contribution in [0.5, 0.6) is 5.75 Å². The van der Waals surface area contributed by atoms with E-state index in [0.717, 1.165) is 30.0 Å². The Bertz CT molecular complexity index is 597. The predicted octanol–water partition coefficient (Wildman–Crippen LogP) is 3.55. The molecule has 0 fully saturated rings. The largest absolute Gasteiger partial charge is 0.494 e. The first-order valence-electron chi connectivity index (χ1n) is 7.93. The van der Waals surface area contributed by atoms with E-state index in [9.17, 15) is 4.79 Å². The summed E-state index contributed by atoms with van der Waals surface area (Å²) in [6.45, 7) is 3.69. The van der Waals surface area contributed by atoms with Gasteiger partial charge in [0.05, 0.1) is 13.2 Å². The predicted molar refractivity (Wildman–Crippen MR) is 93.6 cm³/mol. The maximum absolute atomic E-state index is 12.2. The molecule has 0 saturated heterocycles. The fourth-order valence-corrected chi connectivity index (χ4v) is 2.15. The Kier molecular flexibility index (Phi) is 6.48. The van der Waals surface area contributed by atoms with Crippen LogP contribution in [0.15, 0.2) is 54.6 Å². The van der Waals surface area contributed by atoms with Crippen molar-refractivity contribution < 1.29 is 9.53 Å². The van der Waals surface area contributed by atoms with Crippen molar-refractivity contribution in [2.24, 2.45) is 0 Å². The van der Waals surface area contributed by atoms with Crippen LogP contribution in [-0.2, 0) is 11.3 Å². The average molecular weight is 312 g/mol. The number of carbonyl (C=O) groups is 1. The molecule has 0 unspecified atom stereocenters. The number of benzene rings is 2. The van der Waals surface area contributed by atoms with E-state index in [1.807, 2.05) is 61.6 Å². The summed E-state index contributed by atoms with van der Waals surface area (Å²) in [6.07, 6.45) is 0.988. The van der Waals surface area contributed by atoms with Crippen molar-refractivity contribution in [2.75, 3.05) is 25.5 Å². The molecule has 4 heteroatoms. The van der Waals surface area contributed by atoms with Crippen LogP contribution in [0, 0.1) is 0 Å². The van der Waals surface area contributed by atoms with E-state index in [0.29, 0.717) is 6.54 Å². The van der Waals surface area contributed by atoms with Gasteiger partial charge in [0.2, 0.25) is 5.91 Å². The number of carbonyl (C=O) groups excluding carboxylic acids is 1. The fourth-order valence-electron chi connectivity index (χ4n) is 2.15. The number of ether oxygens (including phenoxy) is 1. The second kappa shape index (κ2) is 8.83. The Labute approximate surface area is 138 Å². The second-order valence-corrected chi connectivity index (χ2v) is 5.46. The van der Waals surface area contributed by atoms with Crippen molar-refractivity contribution in [3.05, 3.63) is 60.2 Å². The third-order valence-electron chi connectivity index (χ3n) is 3.46. The standard InChI is InChI=1S/C19H24N2O2/c1-3-13-23-18-11-9-17(10-12-18)20-14-19(22)21(2)15-16-7-5-4-6-8-16/h4-12,20H,3,13-15H2,1-2H3. The van der Waals surface area contributed by atoms with Crippen LogP contribution in [-0.4, -0.2) is 31.0 Å². The number of rotatable bonds is 8. The van der Waals surface area contributed by atoms with Crippen LogP contribution < -0.4 is 10.1 Å². The van der Waals surface area contributed by atoms with Gasteiger partial charge in [-0.2, -0.15) is 0 Å². The summed E-state index contributed by atoms with van der Waals surface area (Å²) < 4.78 is 5.54. The molecule has 1 N–H and O–H groups in total. The van der Waals surface area contributed by atoms with E-state index in [1.165, 1.54) is 0 Å². The molecule has 122 valence electrons. The number of likely N-dealkylation sites (N-methyl/N-ethyl adjacent to an activating group) is 1. The SMILES string of the molecule is CCCOc1ccc(NCC(=O)N(C)Cc2ccccc2)cc1. The van der Waals surface area contributed by atoms with Crippen LogP contribution in [0.4, 0.5) is 5.69 Å². The highest BCUT2D eigenvalue weighted by atomic mass is 16.5. The monoisotopic (exact) mass is 312 g/mol. The highest BCUT2D eigenvalue weighted by Crippen LogP contribution is 2.15. The van der Waals surface area contributed by atoms with Gasteiger partial charge in [0.1, 0.15) is 5.75 Å². The zero-order chi connectivity index (χ0) is 16.5. The van der Waals surface area contributed by atoms with Gasteiger partial charge < -0.3 is 15.0 Å². The van der Waals surface area contributed by atoms with E-state index in [1.54, 1.807) is 4.90 Å². The molecule has 0 heterocycles. The minimum absolute atomic E-state index is 0.0557. The summed E-state index contributed by atoms with van der Waals surface area (Å²) >= 11 is 0. The van der Waals surface area contributed by atoms with Crippen LogP contribution in [0.1, 0.15) is 18.9 Å². The quantitative estimate of drug-likeness (QED) is 0.810. The number of anilines is 1. The summed E-state index contributed by atoms with van der Waals surface area (Å²) in [5, 5.41) is 3.15. The third-order valence-corrected chi connectivity index (χ3v) is 3.46. The van der Waals surface area contributed by atoms with Crippen LogP contribution >= 0.6 is 0 Å². The molecule has 0 aliphatic heterocycles. The summed E-state index contributed by atoms with van der Waals surface area (Å²) in [4.78, 5) is 13.9.